The SMILES string of the molecule is COc1ccc(NC(=O)C=C(C)C(=O)O)c(OC)c1. The quantitative estimate of drug-likeness (QED) is 0.791. The predicted molar refractivity (Wildman–Crippen MR) is 69.6 cm³/mol. The number of hydrogen-bond acceptors (Lipinski definition) is 4. The Labute approximate surface area is 110 Å². The van der Waals surface area contributed by atoms with Gasteiger partial charge in [0, 0.05) is 17.7 Å². The zero-order chi connectivity index (χ0) is 14.4. The van der Waals surface area contributed by atoms with Crippen LogP contribution in [0.1, 0.15) is 6.92 Å². The van der Waals surface area contributed by atoms with E-state index < -0.39 is 11.9 Å². The summed E-state index contributed by atoms with van der Waals surface area (Å²) in [6, 6.07) is 4.88. The van der Waals surface area contributed by atoms with Crippen LogP contribution in [0.3, 0.4) is 0 Å². The molecule has 102 valence electrons. The summed E-state index contributed by atoms with van der Waals surface area (Å²) < 4.78 is 10.1. The van der Waals surface area contributed by atoms with Gasteiger partial charge in [-0.2, -0.15) is 0 Å². The number of ether oxygens (including phenoxy) is 2. The van der Waals surface area contributed by atoms with Gasteiger partial charge in [-0.1, -0.05) is 0 Å². The molecule has 0 saturated heterocycles. The maximum absolute atomic E-state index is 11.6. The van der Waals surface area contributed by atoms with Gasteiger partial charge in [-0.05, 0) is 19.1 Å². The molecule has 6 heteroatoms. The zero-order valence-electron chi connectivity index (χ0n) is 10.9. The zero-order valence-corrected chi connectivity index (χ0v) is 10.9. The van der Waals surface area contributed by atoms with E-state index in [-0.39, 0.29) is 5.57 Å². The van der Waals surface area contributed by atoms with Crippen LogP contribution in [0.25, 0.3) is 0 Å². The van der Waals surface area contributed by atoms with E-state index in [0.29, 0.717) is 17.2 Å². The molecule has 0 atom stereocenters. The predicted octanol–water partition coefficient (Wildman–Crippen LogP) is 1.67. The molecule has 0 aliphatic rings. The first kappa shape index (κ1) is 14.6. The molecule has 0 unspecified atom stereocenters. The standard InChI is InChI=1S/C13H15NO5/c1-8(13(16)17)6-12(15)14-10-5-4-9(18-2)7-11(10)19-3/h4-7H,1-3H3,(H,14,15)(H,16,17). The van der Waals surface area contributed by atoms with E-state index in [2.05, 4.69) is 5.32 Å². The first-order chi connectivity index (χ1) is 8.97. The molecule has 0 heterocycles. The molecule has 1 aromatic carbocycles. The van der Waals surface area contributed by atoms with Gasteiger partial charge in [0.25, 0.3) is 0 Å². The molecular weight excluding hydrogens is 250 g/mol. The van der Waals surface area contributed by atoms with Crippen LogP contribution in [0, 0.1) is 0 Å². The van der Waals surface area contributed by atoms with Gasteiger partial charge < -0.3 is 19.9 Å². The van der Waals surface area contributed by atoms with Crippen molar-refractivity contribution in [3.8, 4) is 11.5 Å². The maximum Gasteiger partial charge on any atom is 0.331 e. The van der Waals surface area contributed by atoms with Crippen molar-refractivity contribution in [2.75, 3.05) is 19.5 Å². The van der Waals surface area contributed by atoms with Crippen LogP contribution in [0.5, 0.6) is 11.5 Å². The molecule has 19 heavy (non-hydrogen) atoms. The highest BCUT2D eigenvalue weighted by molar-refractivity contribution is 6.04. The third-order valence-corrected chi connectivity index (χ3v) is 2.35. The number of aliphatic carboxylic acids is 1. The van der Waals surface area contributed by atoms with Gasteiger partial charge in [-0.3, -0.25) is 4.79 Å². The van der Waals surface area contributed by atoms with Crippen LogP contribution < -0.4 is 14.8 Å². The van der Waals surface area contributed by atoms with E-state index >= 15 is 0 Å². The Kier molecular flexibility index (Phi) is 4.93. The second-order valence-electron chi connectivity index (χ2n) is 3.69. The van der Waals surface area contributed by atoms with E-state index in [4.69, 9.17) is 14.6 Å². The smallest absolute Gasteiger partial charge is 0.331 e. The Hall–Kier alpha value is -2.50. The van der Waals surface area contributed by atoms with Crippen LogP contribution in [0.4, 0.5) is 5.69 Å². The summed E-state index contributed by atoms with van der Waals surface area (Å²) in [5, 5.41) is 11.2. The van der Waals surface area contributed by atoms with E-state index in [9.17, 15) is 9.59 Å². The van der Waals surface area contributed by atoms with Crippen molar-refractivity contribution in [1.82, 2.24) is 0 Å². The Balaban J connectivity index is 2.91. The van der Waals surface area contributed by atoms with Gasteiger partial charge in [-0.15, -0.1) is 0 Å². The van der Waals surface area contributed by atoms with Crippen LogP contribution in [-0.2, 0) is 9.59 Å². The Bertz CT molecular complexity index is 522. The average Bonchev–Trinajstić information content (AvgIpc) is 2.38. The summed E-state index contributed by atoms with van der Waals surface area (Å²) in [4.78, 5) is 22.2. The van der Waals surface area contributed by atoms with Crippen LogP contribution in [0.15, 0.2) is 29.8 Å². The molecule has 0 aliphatic carbocycles. The molecule has 1 rings (SSSR count). The Morgan fingerprint density at radius 2 is 1.95 bits per heavy atom. The second-order valence-corrected chi connectivity index (χ2v) is 3.69. The first-order valence-electron chi connectivity index (χ1n) is 5.42. The highest BCUT2D eigenvalue weighted by Crippen LogP contribution is 2.28. The minimum atomic E-state index is -1.14. The fourth-order valence-electron chi connectivity index (χ4n) is 1.33. The van der Waals surface area contributed by atoms with Gasteiger partial charge in [0.2, 0.25) is 5.91 Å². The topological polar surface area (TPSA) is 84.9 Å². The fraction of sp³-hybridized carbons (Fsp3) is 0.231. The number of anilines is 1. The monoisotopic (exact) mass is 265 g/mol. The Morgan fingerprint density at radius 3 is 2.47 bits per heavy atom. The molecule has 0 fully saturated rings. The number of carbonyl (C=O) groups excluding carboxylic acids is 1. The molecule has 0 saturated carbocycles. The number of amides is 1. The molecule has 1 amide bonds. The van der Waals surface area contributed by atoms with Crippen molar-refractivity contribution in [2.24, 2.45) is 0 Å². The number of rotatable bonds is 5. The van der Waals surface area contributed by atoms with Gasteiger partial charge in [-0.25, -0.2) is 4.79 Å². The normalized spacial score (nSPS) is 10.8. The molecule has 6 nitrogen and oxygen atoms in total. The summed E-state index contributed by atoms with van der Waals surface area (Å²) in [6.45, 7) is 1.34. The van der Waals surface area contributed by atoms with Crippen molar-refractivity contribution in [3.63, 3.8) is 0 Å². The second kappa shape index (κ2) is 6.44. The largest absolute Gasteiger partial charge is 0.497 e. The van der Waals surface area contributed by atoms with Crippen molar-refractivity contribution >= 4 is 17.6 Å². The van der Waals surface area contributed by atoms with Crippen LogP contribution in [0.2, 0.25) is 0 Å². The lowest BCUT2D eigenvalue weighted by Crippen LogP contribution is -2.11. The van der Waals surface area contributed by atoms with E-state index in [1.165, 1.54) is 21.1 Å². The fourth-order valence-corrected chi connectivity index (χ4v) is 1.33. The number of hydrogen-bond donors (Lipinski definition) is 2. The van der Waals surface area contributed by atoms with Crippen LogP contribution in [-0.4, -0.2) is 31.2 Å². The highest BCUT2D eigenvalue weighted by atomic mass is 16.5. The lowest BCUT2D eigenvalue weighted by molar-refractivity contribution is -0.132. The summed E-state index contributed by atoms with van der Waals surface area (Å²) in [6.07, 6.45) is 1.01. The van der Waals surface area contributed by atoms with Gasteiger partial charge >= 0.3 is 5.97 Å². The van der Waals surface area contributed by atoms with Gasteiger partial charge in [0.1, 0.15) is 11.5 Å². The summed E-state index contributed by atoms with van der Waals surface area (Å²) in [7, 11) is 2.98. The Morgan fingerprint density at radius 1 is 1.26 bits per heavy atom. The van der Waals surface area contributed by atoms with Crippen molar-refractivity contribution in [3.05, 3.63) is 29.8 Å². The van der Waals surface area contributed by atoms with Crippen molar-refractivity contribution < 1.29 is 24.2 Å². The lowest BCUT2D eigenvalue weighted by atomic mass is 10.2. The van der Waals surface area contributed by atoms with Crippen molar-refractivity contribution in [2.45, 2.75) is 6.92 Å². The molecular formula is C13H15NO5. The minimum Gasteiger partial charge on any atom is -0.497 e. The number of carboxylic acids is 1. The van der Waals surface area contributed by atoms with E-state index in [1.54, 1.807) is 18.2 Å². The third-order valence-electron chi connectivity index (χ3n) is 2.35. The van der Waals surface area contributed by atoms with Crippen molar-refractivity contribution in [1.29, 1.82) is 0 Å². The molecule has 0 spiro atoms. The highest BCUT2D eigenvalue weighted by Gasteiger charge is 2.09. The minimum absolute atomic E-state index is 0.0509. The average molecular weight is 265 g/mol. The maximum atomic E-state index is 11.6. The van der Waals surface area contributed by atoms with Crippen LogP contribution >= 0.6 is 0 Å². The number of carbonyl (C=O) groups is 2. The molecule has 1 aromatic rings. The number of methoxy groups -OCH3 is 2. The lowest BCUT2D eigenvalue weighted by Gasteiger charge is -2.10. The number of nitrogens with one attached hydrogen (secondary N) is 1. The summed E-state index contributed by atoms with van der Waals surface area (Å²) in [5.41, 5.74) is 0.382. The van der Waals surface area contributed by atoms with E-state index in [0.717, 1.165) is 6.08 Å². The summed E-state index contributed by atoms with van der Waals surface area (Å²) in [5.74, 6) is -0.665. The molecule has 0 aromatic heterocycles. The molecule has 0 aliphatic heterocycles. The van der Waals surface area contributed by atoms with E-state index in [1.807, 2.05) is 0 Å². The number of benzene rings is 1. The number of carboxylic acid groups (broad SMARTS) is 1. The third kappa shape index (κ3) is 4.02. The molecule has 2 N–H and O–H groups in total. The summed E-state index contributed by atoms with van der Waals surface area (Å²) >= 11 is 0. The first-order valence-corrected chi connectivity index (χ1v) is 5.42. The molecule has 0 radical (unpaired) electrons. The van der Waals surface area contributed by atoms with Gasteiger partial charge in [0.15, 0.2) is 0 Å². The molecule has 0 bridgehead atoms. The van der Waals surface area contributed by atoms with Gasteiger partial charge in [0.05, 0.1) is 19.9 Å².